The summed E-state index contributed by atoms with van der Waals surface area (Å²) < 4.78 is 18.4. The Morgan fingerprint density at radius 2 is 2.04 bits per heavy atom. The van der Waals surface area contributed by atoms with E-state index in [-0.39, 0.29) is 12.1 Å². The van der Waals surface area contributed by atoms with Gasteiger partial charge < -0.3 is 10.5 Å². The summed E-state index contributed by atoms with van der Waals surface area (Å²) in [5, 5.41) is 5.54. The van der Waals surface area contributed by atoms with Crippen molar-refractivity contribution in [3.63, 3.8) is 0 Å². The Kier molecular flexibility index (Phi) is 5.11. The van der Waals surface area contributed by atoms with Gasteiger partial charge in [0.15, 0.2) is 0 Å². The van der Waals surface area contributed by atoms with E-state index >= 15 is 0 Å². The number of amides is 1. The van der Waals surface area contributed by atoms with E-state index in [1.807, 2.05) is 0 Å². The summed E-state index contributed by atoms with van der Waals surface area (Å²) in [7, 11) is 0. The first kappa shape index (κ1) is 17.1. The molecule has 2 aliphatic rings. The topological polar surface area (TPSA) is 85.0 Å². The Labute approximate surface area is 145 Å². The average Bonchev–Trinajstić information content (AvgIpc) is 3.07. The normalized spacial score (nSPS) is 22.6. The fourth-order valence-electron chi connectivity index (χ4n) is 2.97. The van der Waals surface area contributed by atoms with E-state index in [1.165, 1.54) is 29.3 Å². The van der Waals surface area contributed by atoms with Gasteiger partial charge in [-0.3, -0.25) is 9.80 Å². The summed E-state index contributed by atoms with van der Waals surface area (Å²) in [6.45, 7) is 0.333. The number of primary amides is 1. The van der Waals surface area contributed by atoms with Gasteiger partial charge in [0.2, 0.25) is 5.91 Å². The average molecular weight is 345 g/mol. The summed E-state index contributed by atoms with van der Waals surface area (Å²) in [4.78, 5) is 24.0. The molecule has 0 saturated carbocycles. The number of ether oxygens (including phenoxy) is 1. The van der Waals surface area contributed by atoms with Gasteiger partial charge in [0.1, 0.15) is 17.6 Å². The van der Waals surface area contributed by atoms with Crippen LogP contribution < -0.4 is 10.7 Å². The Bertz CT molecular complexity index is 715. The number of hydrogen-bond acceptors (Lipinski definition) is 5. The summed E-state index contributed by atoms with van der Waals surface area (Å²) in [5.41, 5.74) is 6.06. The molecule has 25 heavy (non-hydrogen) atoms. The van der Waals surface area contributed by atoms with Crippen molar-refractivity contribution in [2.45, 2.75) is 31.7 Å². The van der Waals surface area contributed by atoms with Crippen LogP contribution in [0.4, 0.5) is 10.1 Å². The lowest BCUT2D eigenvalue weighted by molar-refractivity contribution is -0.137. The van der Waals surface area contributed by atoms with Crippen molar-refractivity contribution in [2.24, 2.45) is 16.8 Å². The standard InChI is InChI=1S/C18H20FN3O3/c19-13-6-8-14(9-7-13)22-16(17(20)23)10-15(21-22)18(24)25-11-12-4-2-1-3-5-12/h1-2,6-9,12,16H,3-5,10-11H2,(H2,20,23). The molecule has 0 aromatic heterocycles. The molecule has 132 valence electrons. The van der Waals surface area contributed by atoms with E-state index in [4.69, 9.17) is 10.5 Å². The van der Waals surface area contributed by atoms with Crippen LogP contribution in [0, 0.1) is 11.7 Å². The highest BCUT2D eigenvalue weighted by molar-refractivity contribution is 6.38. The second-order valence-electron chi connectivity index (χ2n) is 6.24. The fourth-order valence-corrected chi connectivity index (χ4v) is 2.97. The molecule has 1 heterocycles. The second-order valence-corrected chi connectivity index (χ2v) is 6.24. The molecule has 1 amide bonds. The number of hydrazone groups is 1. The Balaban J connectivity index is 1.69. The molecular formula is C18H20FN3O3. The van der Waals surface area contributed by atoms with Crippen LogP contribution in [0.15, 0.2) is 41.5 Å². The fraction of sp³-hybridized carbons (Fsp3) is 0.389. The van der Waals surface area contributed by atoms with Crippen molar-refractivity contribution in [3.8, 4) is 0 Å². The van der Waals surface area contributed by atoms with Crippen LogP contribution in [0.5, 0.6) is 0 Å². The first-order valence-corrected chi connectivity index (χ1v) is 8.28. The molecular weight excluding hydrogens is 325 g/mol. The molecule has 6 nitrogen and oxygen atoms in total. The molecule has 1 aliphatic carbocycles. The molecule has 0 saturated heterocycles. The van der Waals surface area contributed by atoms with Gasteiger partial charge in [0.05, 0.1) is 12.3 Å². The van der Waals surface area contributed by atoms with Crippen molar-refractivity contribution < 1.29 is 18.7 Å². The van der Waals surface area contributed by atoms with Gasteiger partial charge in [-0.15, -0.1) is 0 Å². The number of nitrogens with two attached hydrogens (primary N) is 1. The molecule has 2 unspecified atom stereocenters. The van der Waals surface area contributed by atoms with Gasteiger partial charge in [0.25, 0.3) is 0 Å². The van der Waals surface area contributed by atoms with E-state index in [0.717, 1.165) is 19.3 Å². The minimum Gasteiger partial charge on any atom is -0.461 e. The summed E-state index contributed by atoms with van der Waals surface area (Å²) in [5.74, 6) is -1.22. The van der Waals surface area contributed by atoms with E-state index in [9.17, 15) is 14.0 Å². The molecule has 1 aliphatic heterocycles. The second kappa shape index (κ2) is 7.46. The number of carbonyl (C=O) groups excluding carboxylic acids is 2. The van der Waals surface area contributed by atoms with E-state index < -0.39 is 23.7 Å². The third-order valence-electron chi connectivity index (χ3n) is 4.39. The van der Waals surface area contributed by atoms with E-state index in [1.54, 1.807) is 0 Å². The lowest BCUT2D eigenvalue weighted by atomic mass is 9.95. The number of anilines is 1. The number of nitrogens with zero attached hydrogens (tertiary/aromatic N) is 2. The zero-order chi connectivity index (χ0) is 17.8. The molecule has 3 rings (SSSR count). The number of rotatable bonds is 5. The Hall–Kier alpha value is -2.70. The molecule has 2 N–H and O–H groups in total. The van der Waals surface area contributed by atoms with Crippen molar-refractivity contribution >= 4 is 23.3 Å². The zero-order valence-electron chi connectivity index (χ0n) is 13.7. The predicted molar refractivity (Wildman–Crippen MR) is 91.4 cm³/mol. The smallest absolute Gasteiger partial charge is 0.354 e. The lowest BCUT2D eigenvalue weighted by Gasteiger charge is -2.20. The van der Waals surface area contributed by atoms with Crippen molar-refractivity contribution in [2.75, 3.05) is 11.6 Å². The van der Waals surface area contributed by atoms with E-state index in [0.29, 0.717) is 18.2 Å². The SMILES string of the molecule is NC(=O)C1CC(C(=O)OCC2CC=CCC2)=NN1c1ccc(F)cc1. The molecule has 0 radical (unpaired) electrons. The maximum Gasteiger partial charge on any atom is 0.354 e. The van der Waals surface area contributed by atoms with Crippen LogP contribution >= 0.6 is 0 Å². The quantitative estimate of drug-likeness (QED) is 0.654. The maximum atomic E-state index is 13.1. The first-order chi connectivity index (χ1) is 12.0. The summed E-state index contributed by atoms with van der Waals surface area (Å²) in [6.07, 6.45) is 7.17. The molecule has 0 bridgehead atoms. The van der Waals surface area contributed by atoms with Gasteiger partial charge in [-0.1, -0.05) is 12.2 Å². The van der Waals surface area contributed by atoms with Gasteiger partial charge in [-0.25, -0.2) is 9.18 Å². The maximum absolute atomic E-state index is 13.1. The largest absolute Gasteiger partial charge is 0.461 e. The molecule has 2 atom stereocenters. The number of carbonyl (C=O) groups is 2. The van der Waals surface area contributed by atoms with Gasteiger partial charge in [-0.05, 0) is 49.4 Å². The highest BCUT2D eigenvalue weighted by Crippen LogP contribution is 2.25. The first-order valence-electron chi connectivity index (χ1n) is 8.28. The molecule has 7 heteroatoms. The lowest BCUT2D eigenvalue weighted by Crippen LogP contribution is -2.39. The van der Waals surface area contributed by atoms with Gasteiger partial charge in [0, 0.05) is 6.42 Å². The number of hydrogen-bond donors (Lipinski definition) is 1. The third kappa shape index (κ3) is 4.04. The molecule has 0 fully saturated rings. The van der Waals surface area contributed by atoms with Crippen LogP contribution in [0.3, 0.4) is 0 Å². The number of benzene rings is 1. The van der Waals surface area contributed by atoms with Crippen molar-refractivity contribution in [1.29, 1.82) is 0 Å². The Morgan fingerprint density at radius 1 is 1.28 bits per heavy atom. The van der Waals surface area contributed by atoms with E-state index in [2.05, 4.69) is 17.3 Å². The van der Waals surface area contributed by atoms with Crippen LogP contribution in [-0.2, 0) is 14.3 Å². The molecule has 0 spiro atoms. The Morgan fingerprint density at radius 3 is 2.68 bits per heavy atom. The summed E-state index contributed by atoms with van der Waals surface area (Å²) in [6, 6.07) is 4.70. The predicted octanol–water partition coefficient (Wildman–Crippen LogP) is 2.15. The van der Waals surface area contributed by atoms with Crippen LogP contribution in [0.25, 0.3) is 0 Å². The molecule has 1 aromatic carbocycles. The third-order valence-corrected chi connectivity index (χ3v) is 4.39. The number of halogens is 1. The number of allylic oxidation sites excluding steroid dienone is 2. The highest BCUT2D eigenvalue weighted by Gasteiger charge is 2.35. The van der Waals surface area contributed by atoms with Crippen molar-refractivity contribution in [3.05, 3.63) is 42.2 Å². The van der Waals surface area contributed by atoms with Gasteiger partial charge >= 0.3 is 5.97 Å². The monoisotopic (exact) mass is 345 g/mol. The zero-order valence-corrected chi connectivity index (χ0v) is 13.7. The highest BCUT2D eigenvalue weighted by atomic mass is 19.1. The van der Waals surface area contributed by atoms with Crippen LogP contribution in [-0.4, -0.2) is 30.2 Å². The number of esters is 1. The van der Waals surface area contributed by atoms with Gasteiger partial charge in [-0.2, -0.15) is 5.10 Å². The molecule has 1 aromatic rings. The van der Waals surface area contributed by atoms with Crippen LogP contribution in [0.1, 0.15) is 25.7 Å². The minimum atomic E-state index is -0.786. The minimum absolute atomic E-state index is 0.0795. The van der Waals surface area contributed by atoms with Crippen LogP contribution in [0.2, 0.25) is 0 Å². The van der Waals surface area contributed by atoms with Crippen molar-refractivity contribution in [1.82, 2.24) is 0 Å². The summed E-state index contributed by atoms with van der Waals surface area (Å²) >= 11 is 0.